The monoisotopic (exact) mass is 392 g/mol. The summed E-state index contributed by atoms with van der Waals surface area (Å²) < 4.78 is 10.8. The summed E-state index contributed by atoms with van der Waals surface area (Å²) >= 11 is 0. The van der Waals surface area contributed by atoms with E-state index < -0.39 is 0 Å². The Kier molecular flexibility index (Phi) is 6.59. The van der Waals surface area contributed by atoms with E-state index in [1.54, 1.807) is 11.0 Å². The van der Waals surface area contributed by atoms with Crippen LogP contribution in [0.5, 0.6) is 0 Å². The van der Waals surface area contributed by atoms with Crippen molar-refractivity contribution in [2.45, 2.75) is 51.9 Å². The van der Waals surface area contributed by atoms with Crippen molar-refractivity contribution in [1.29, 1.82) is 0 Å². The van der Waals surface area contributed by atoms with Gasteiger partial charge in [0.25, 0.3) is 0 Å². The van der Waals surface area contributed by atoms with Gasteiger partial charge in [-0.25, -0.2) is 4.79 Å². The van der Waals surface area contributed by atoms with Gasteiger partial charge >= 0.3 is 6.03 Å². The van der Waals surface area contributed by atoms with E-state index in [9.17, 15) is 9.59 Å². The number of nitrogens with zero attached hydrogens (tertiary/aromatic N) is 3. The van der Waals surface area contributed by atoms with Gasteiger partial charge in [-0.3, -0.25) is 10.1 Å². The first-order chi connectivity index (χ1) is 13.4. The van der Waals surface area contributed by atoms with Gasteiger partial charge in [0, 0.05) is 56.8 Å². The maximum Gasteiger partial charge on any atom is 0.323 e. The summed E-state index contributed by atoms with van der Waals surface area (Å²) in [4.78, 5) is 29.0. The predicted molar refractivity (Wildman–Crippen MR) is 105 cm³/mol. The first-order valence-corrected chi connectivity index (χ1v) is 10.3. The van der Waals surface area contributed by atoms with Gasteiger partial charge in [-0.05, 0) is 25.7 Å². The van der Waals surface area contributed by atoms with Crippen molar-refractivity contribution in [3.8, 4) is 0 Å². The minimum atomic E-state index is -0.200. The minimum absolute atomic E-state index is 0.0598. The van der Waals surface area contributed by atoms with Crippen LogP contribution in [0.3, 0.4) is 0 Å². The number of rotatable bonds is 4. The number of hydrogen-bond acceptors (Lipinski definition) is 5. The Morgan fingerprint density at radius 3 is 2.57 bits per heavy atom. The number of aromatic nitrogens is 1. The molecule has 3 amide bonds. The van der Waals surface area contributed by atoms with Gasteiger partial charge in [0.05, 0.1) is 0 Å². The Labute approximate surface area is 166 Å². The van der Waals surface area contributed by atoms with Crippen molar-refractivity contribution in [2.75, 3.05) is 44.7 Å². The molecule has 0 bridgehead atoms. The molecule has 0 atom stereocenters. The van der Waals surface area contributed by atoms with Crippen LogP contribution in [-0.4, -0.2) is 66.3 Å². The van der Waals surface area contributed by atoms with Gasteiger partial charge in [-0.2, -0.15) is 0 Å². The lowest BCUT2D eigenvalue weighted by atomic mass is 9.87. The minimum Gasteiger partial charge on any atom is -0.381 e. The molecule has 0 unspecified atom stereocenters. The van der Waals surface area contributed by atoms with Crippen molar-refractivity contribution < 1.29 is 18.8 Å². The van der Waals surface area contributed by atoms with Crippen LogP contribution in [0.4, 0.5) is 10.6 Å². The number of carbonyl (C=O) groups is 2. The van der Waals surface area contributed by atoms with E-state index in [0.29, 0.717) is 45.2 Å². The molecular formula is C20H32N4O4. The Morgan fingerprint density at radius 1 is 1.18 bits per heavy atom. The second kappa shape index (κ2) is 8.94. The van der Waals surface area contributed by atoms with E-state index in [1.165, 1.54) is 0 Å². The van der Waals surface area contributed by atoms with Crippen LogP contribution in [0.15, 0.2) is 10.6 Å². The number of amides is 3. The average Bonchev–Trinajstić information content (AvgIpc) is 3.04. The highest BCUT2D eigenvalue weighted by molar-refractivity contribution is 5.88. The summed E-state index contributed by atoms with van der Waals surface area (Å²) in [5.74, 6) is 1.45. The highest BCUT2D eigenvalue weighted by Gasteiger charge is 2.29. The Hall–Kier alpha value is -2.09. The molecule has 156 valence electrons. The molecule has 0 aliphatic carbocycles. The molecule has 0 aromatic carbocycles. The Morgan fingerprint density at radius 2 is 1.86 bits per heavy atom. The summed E-state index contributed by atoms with van der Waals surface area (Å²) in [6.45, 7) is 9.97. The molecule has 0 saturated carbocycles. The third kappa shape index (κ3) is 4.84. The first kappa shape index (κ1) is 20.6. The van der Waals surface area contributed by atoms with Crippen molar-refractivity contribution in [2.24, 2.45) is 5.92 Å². The summed E-state index contributed by atoms with van der Waals surface area (Å²) in [6, 6.07) is 1.59. The largest absolute Gasteiger partial charge is 0.381 e. The second-order valence-corrected chi connectivity index (χ2v) is 8.30. The van der Waals surface area contributed by atoms with Gasteiger partial charge in [0.1, 0.15) is 5.76 Å². The highest BCUT2D eigenvalue weighted by Crippen LogP contribution is 2.28. The molecule has 0 radical (unpaired) electrons. The lowest BCUT2D eigenvalue weighted by molar-refractivity contribution is -0.138. The van der Waals surface area contributed by atoms with Gasteiger partial charge in [-0.15, -0.1) is 0 Å². The topological polar surface area (TPSA) is 87.9 Å². The van der Waals surface area contributed by atoms with Gasteiger partial charge < -0.3 is 19.1 Å². The van der Waals surface area contributed by atoms with Crippen LogP contribution in [0.1, 0.15) is 52.2 Å². The molecule has 0 spiro atoms. The fourth-order valence-corrected chi connectivity index (χ4v) is 3.56. The number of anilines is 1. The molecule has 3 rings (SSSR count). The van der Waals surface area contributed by atoms with E-state index in [0.717, 1.165) is 31.4 Å². The molecule has 2 fully saturated rings. The van der Waals surface area contributed by atoms with Crippen LogP contribution < -0.4 is 5.32 Å². The van der Waals surface area contributed by atoms with Gasteiger partial charge in [0.15, 0.2) is 5.82 Å². The lowest BCUT2D eigenvalue weighted by Crippen LogP contribution is -2.42. The summed E-state index contributed by atoms with van der Waals surface area (Å²) in [6.07, 6.45) is 3.28. The van der Waals surface area contributed by atoms with E-state index in [-0.39, 0.29) is 23.3 Å². The first-order valence-electron chi connectivity index (χ1n) is 10.3. The van der Waals surface area contributed by atoms with Gasteiger partial charge in [-0.1, -0.05) is 25.9 Å². The van der Waals surface area contributed by atoms with E-state index in [2.05, 4.69) is 31.2 Å². The smallest absolute Gasteiger partial charge is 0.323 e. The SMILES string of the molecule is CCC(C)(C)c1cc(NC(=O)N2CCCN(C(=O)C3CCOCC3)CC2)no1. The number of carbonyl (C=O) groups excluding carboxylic acids is 2. The number of ether oxygens (including phenoxy) is 1. The molecule has 1 N–H and O–H groups in total. The van der Waals surface area contributed by atoms with Crippen molar-refractivity contribution >= 4 is 17.8 Å². The molecule has 28 heavy (non-hydrogen) atoms. The second-order valence-electron chi connectivity index (χ2n) is 8.30. The van der Waals surface area contributed by atoms with Crippen LogP contribution in [0.2, 0.25) is 0 Å². The average molecular weight is 393 g/mol. The van der Waals surface area contributed by atoms with Crippen molar-refractivity contribution in [3.63, 3.8) is 0 Å². The Bertz CT molecular complexity index is 682. The number of nitrogens with one attached hydrogen (secondary N) is 1. The zero-order valence-corrected chi connectivity index (χ0v) is 17.2. The summed E-state index contributed by atoms with van der Waals surface area (Å²) in [5, 5.41) is 6.81. The molecular weight excluding hydrogens is 360 g/mol. The third-order valence-electron chi connectivity index (χ3n) is 5.96. The zero-order valence-electron chi connectivity index (χ0n) is 17.2. The maximum absolute atomic E-state index is 12.7. The third-order valence-corrected chi connectivity index (χ3v) is 5.96. The summed E-state index contributed by atoms with van der Waals surface area (Å²) in [7, 11) is 0. The fraction of sp³-hybridized carbons (Fsp3) is 0.750. The standard InChI is InChI=1S/C20H32N4O4/c1-4-20(2,3)16-14-17(22-28-16)21-19(26)24-9-5-8-23(10-11-24)18(25)15-6-12-27-13-7-15/h14-15H,4-13H2,1-3H3,(H,21,22,26). The van der Waals surface area contributed by atoms with E-state index in [4.69, 9.17) is 9.26 Å². The molecule has 8 heteroatoms. The molecule has 2 saturated heterocycles. The highest BCUT2D eigenvalue weighted by atomic mass is 16.5. The van der Waals surface area contributed by atoms with Crippen LogP contribution in [0.25, 0.3) is 0 Å². The summed E-state index contributed by atoms with van der Waals surface area (Å²) in [5.41, 5.74) is -0.121. The van der Waals surface area contributed by atoms with E-state index >= 15 is 0 Å². The molecule has 2 aliphatic rings. The predicted octanol–water partition coefficient (Wildman–Crippen LogP) is 2.86. The quantitative estimate of drug-likeness (QED) is 0.851. The molecule has 1 aromatic rings. The maximum atomic E-state index is 12.7. The zero-order chi connectivity index (χ0) is 20.1. The normalized spacial score (nSPS) is 19.4. The van der Waals surface area contributed by atoms with Crippen LogP contribution in [0, 0.1) is 5.92 Å². The number of urea groups is 1. The fourth-order valence-electron chi connectivity index (χ4n) is 3.56. The van der Waals surface area contributed by atoms with Crippen LogP contribution in [-0.2, 0) is 14.9 Å². The Balaban J connectivity index is 1.53. The van der Waals surface area contributed by atoms with Crippen molar-refractivity contribution in [1.82, 2.24) is 15.0 Å². The molecule has 3 heterocycles. The van der Waals surface area contributed by atoms with E-state index in [1.807, 2.05) is 4.90 Å². The lowest BCUT2D eigenvalue weighted by Gasteiger charge is -2.28. The molecule has 8 nitrogen and oxygen atoms in total. The van der Waals surface area contributed by atoms with Crippen LogP contribution >= 0.6 is 0 Å². The van der Waals surface area contributed by atoms with Gasteiger partial charge in [0.2, 0.25) is 5.91 Å². The van der Waals surface area contributed by atoms with Crippen molar-refractivity contribution in [3.05, 3.63) is 11.8 Å². The molecule has 1 aromatic heterocycles. The number of hydrogen-bond donors (Lipinski definition) is 1. The molecule has 2 aliphatic heterocycles.